The topological polar surface area (TPSA) is 29.1 Å². The molecule has 2 saturated carbocycles. The lowest BCUT2D eigenvalue weighted by atomic mass is 9.89. The van der Waals surface area contributed by atoms with E-state index in [4.69, 9.17) is 0 Å². The van der Waals surface area contributed by atoms with Gasteiger partial charge in [0.15, 0.2) is 0 Å². The van der Waals surface area contributed by atoms with Crippen molar-refractivity contribution < 1.29 is 9.18 Å². The van der Waals surface area contributed by atoms with Crippen LogP contribution in [0.15, 0.2) is 22.7 Å². The van der Waals surface area contributed by atoms with Crippen LogP contribution < -0.4 is 5.32 Å². The Balaban J connectivity index is 1.57. The molecule has 1 aromatic rings. The molecule has 0 aromatic heterocycles. The number of benzene rings is 1. The number of hydrogen-bond donors (Lipinski definition) is 1. The Hall–Kier alpha value is -0.900. The summed E-state index contributed by atoms with van der Waals surface area (Å²) in [5.74, 6) is 1.74. The van der Waals surface area contributed by atoms with Crippen LogP contribution in [-0.2, 0) is 0 Å². The highest BCUT2D eigenvalue weighted by molar-refractivity contribution is 9.10. The molecule has 4 heteroatoms. The summed E-state index contributed by atoms with van der Waals surface area (Å²) in [7, 11) is 0. The summed E-state index contributed by atoms with van der Waals surface area (Å²) < 4.78 is 13.8. The van der Waals surface area contributed by atoms with Gasteiger partial charge in [-0.15, -0.1) is 0 Å². The smallest absolute Gasteiger partial charge is 0.251 e. The number of fused-ring (bicyclic) bond motifs is 2. The van der Waals surface area contributed by atoms with Gasteiger partial charge in [0.05, 0.1) is 4.47 Å². The fourth-order valence-corrected chi connectivity index (χ4v) is 3.84. The third-order valence-corrected chi connectivity index (χ3v) is 5.23. The number of hydrogen-bond acceptors (Lipinski definition) is 1. The molecule has 102 valence electrons. The van der Waals surface area contributed by atoms with Gasteiger partial charge in [-0.3, -0.25) is 4.79 Å². The third-order valence-electron chi connectivity index (χ3n) is 4.59. The van der Waals surface area contributed by atoms with Gasteiger partial charge in [0.25, 0.3) is 5.91 Å². The fraction of sp³-hybridized carbons (Fsp3) is 0.533. The first-order valence-corrected chi connectivity index (χ1v) is 7.66. The zero-order chi connectivity index (χ0) is 13.4. The molecular weight excluding hydrogens is 309 g/mol. The maximum atomic E-state index is 13.4. The lowest BCUT2D eigenvalue weighted by Crippen LogP contribution is -2.31. The first kappa shape index (κ1) is 13.1. The van der Waals surface area contributed by atoms with Gasteiger partial charge < -0.3 is 5.32 Å². The zero-order valence-electron chi connectivity index (χ0n) is 10.7. The normalized spacial score (nSPS) is 28.6. The van der Waals surface area contributed by atoms with E-state index in [0.29, 0.717) is 16.0 Å². The number of carbonyl (C=O) groups excluding carboxylic acids is 1. The molecular formula is C15H17BrFNO. The lowest BCUT2D eigenvalue weighted by Gasteiger charge is -2.21. The van der Waals surface area contributed by atoms with Crippen molar-refractivity contribution in [1.29, 1.82) is 0 Å². The van der Waals surface area contributed by atoms with Crippen LogP contribution in [0.3, 0.4) is 0 Å². The van der Waals surface area contributed by atoms with E-state index in [2.05, 4.69) is 21.2 Å². The summed E-state index contributed by atoms with van der Waals surface area (Å²) in [5, 5.41) is 2.95. The van der Waals surface area contributed by atoms with E-state index >= 15 is 0 Å². The summed E-state index contributed by atoms with van der Waals surface area (Å²) in [6, 6.07) is 4.49. The monoisotopic (exact) mass is 325 g/mol. The second-order valence-electron chi connectivity index (χ2n) is 5.77. The van der Waals surface area contributed by atoms with Gasteiger partial charge in [-0.05, 0) is 71.1 Å². The number of nitrogens with one attached hydrogen (secondary N) is 1. The number of carbonyl (C=O) groups is 1. The molecule has 0 radical (unpaired) electrons. The molecule has 0 saturated heterocycles. The maximum Gasteiger partial charge on any atom is 0.251 e. The maximum absolute atomic E-state index is 13.4. The molecule has 1 aromatic carbocycles. The van der Waals surface area contributed by atoms with Crippen LogP contribution in [0.5, 0.6) is 0 Å². The summed E-state index contributed by atoms with van der Waals surface area (Å²) in [6.45, 7) is 0.734. The second-order valence-corrected chi connectivity index (χ2v) is 6.63. The van der Waals surface area contributed by atoms with Gasteiger partial charge in [0.2, 0.25) is 0 Å². The van der Waals surface area contributed by atoms with Crippen molar-refractivity contribution in [2.45, 2.75) is 25.7 Å². The van der Waals surface area contributed by atoms with Crippen LogP contribution in [0, 0.1) is 23.6 Å². The molecule has 3 unspecified atom stereocenters. The Labute approximate surface area is 120 Å². The van der Waals surface area contributed by atoms with Crippen LogP contribution in [-0.4, -0.2) is 12.5 Å². The van der Waals surface area contributed by atoms with Crippen molar-refractivity contribution in [3.05, 3.63) is 34.1 Å². The number of amides is 1. The Morgan fingerprint density at radius 2 is 2.21 bits per heavy atom. The summed E-state index contributed by atoms with van der Waals surface area (Å²) in [6.07, 6.45) is 5.28. The molecule has 3 atom stereocenters. The Morgan fingerprint density at radius 3 is 2.84 bits per heavy atom. The highest BCUT2D eigenvalue weighted by atomic mass is 79.9. The minimum Gasteiger partial charge on any atom is -0.352 e. The van der Waals surface area contributed by atoms with Crippen molar-refractivity contribution >= 4 is 21.8 Å². The molecule has 2 aliphatic carbocycles. The Bertz CT molecular complexity index is 505. The molecule has 19 heavy (non-hydrogen) atoms. The highest BCUT2D eigenvalue weighted by Crippen LogP contribution is 2.47. The van der Waals surface area contributed by atoms with E-state index in [-0.39, 0.29) is 5.91 Å². The van der Waals surface area contributed by atoms with Crippen LogP contribution in [0.1, 0.15) is 36.0 Å². The van der Waals surface area contributed by atoms with Crippen LogP contribution in [0.25, 0.3) is 0 Å². The van der Waals surface area contributed by atoms with Gasteiger partial charge in [0.1, 0.15) is 5.82 Å². The number of halogens is 2. The third kappa shape index (κ3) is 2.69. The molecule has 2 aliphatic rings. The summed E-state index contributed by atoms with van der Waals surface area (Å²) in [4.78, 5) is 12.0. The molecule has 0 spiro atoms. The van der Waals surface area contributed by atoms with Gasteiger partial charge >= 0.3 is 0 Å². The standard InChI is InChI=1S/C15H17BrFNO/c16-13-4-3-11(7-14(13)17)15(19)18-8-12-6-9-1-2-10(12)5-9/h3-4,7,9-10,12H,1-2,5-6,8H2,(H,18,19). The zero-order valence-corrected chi connectivity index (χ0v) is 12.2. The molecule has 2 nitrogen and oxygen atoms in total. The van der Waals surface area contributed by atoms with Crippen LogP contribution in [0.2, 0.25) is 0 Å². The first-order chi connectivity index (χ1) is 9.13. The highest BCUT2D eigenvalue weighted by Gasteiger charge is 2.39. The molecule has 1 N–H and O–H groups in total. The molecule has 0 aliphatic heterocycles. The van der Waals surface area contributed by atoms with E-state index in [1.165, 1.54) is 31.7 Å². The molecule has 1 amide bonds. The minimum absolute atomic E-state index is 0.172. The van der Waals surface area contributed by atoms with Gasteiger partial charge in [-0.2, -0.15) is 0 Å². The predicted molar refractivity (Wildman–Crippen MR) is 75.4 cm³/mol. The molecule has 2 bridgehead atoms. The predicted octanol–water partition coefficient (Wildman–Crippen LogP) is 3.75. The van der Waals surface area contributed by atoms with E-state index in [1.54, 1.807) is 12.1 Å². The first-order valence-electron chi connectivity index (χ1n) is 6.86. The van der Waals surface area contributed by atoms with Gasteiger partial charge in [0, 0.05) is 12.1 Å². The average Bonchev–Trinajstić information content (AvgIpc) is 3.01. The SMILES string of the molecule is O=C(NCC1CC2CCC1C2)c1ccc(Br)c(F)c1. The Morgan fingerprint density at radius 1 is 1.37 bits per heavy atom. The second kappa shape index (κ2) is 5.23. The van der Waals surface area contributed by atoms with Crippen molar-refractivity contribution in [2.75, 3.05) is 6.54 Å². The average molecular weight is 326 g/mol. The van der Waals surface area contributed by atoms with E-state index < -0.39 is 5.82 Å². The van der Waals surface area contributed by atoms with Crippen LogP contribution in [0.4, 0.5) is 4.39 Å². The van der Waals surface area contributed by atoms with Gasteiger partial charge in [-0.25, -0.2) is 4.39 Å². The van der Waals surface area contributed by atoms with Gasteiger partial charge in [-0.1, -0.05) is 6.42 Å². The number of rotatable bonds is 3. The Kier molecular flexibility index (Phi) is 3.61. The summed E-state index contributed by atoms with van der Waals surface area (Å²) >= 11 is 3.09. The summed E-state index contributed by atoms with van der Waals surface area (Å²) in [5.41, 5.74) is 0.392. The van der Waals surface area contributed by atoms with E-state index in [0.717, 1.165) is 18.4 Å². The van der Waals surface area contributed by atoms with Crippen molar-refractivity contribution in [3.63, 3.8) is 0 Å². The van der Waals surface area contributed by atoms with Crippen LogP contribution >= 0.6 is 15.9 Å². The minimum atomic E-state index is -0.396. The van der Waals surface area contributed by atoms with E-state index in [9.17, 15) is 9.18 Å². The van der Waals surface area contributed by atoms with Crippen molar-refractivity contribution in [1.82, 2.24) is 5.32 Å². The molecule has 3 rings (SSSR count). The van der Waals surface area contributed by atoms with Crippen molar-refractivity contribution in [2.24, 2.45) is 17.8 Å². The molecule has 2 fully saturated rings. The van der Waals surface area contributed by atoms with E-state index in [1.807, 2.05) is 0 Å². The lowest BCUT2D eigenvalue weighted by molar-refractivity contribution is 0.0941. The largest absolute Gasteiger partial charge is 0.352 e. The van der Waals surface area contributed by atoms with Crippen molar-refractivity contribution in [3.8, 4) is 0 Å². The quantitative estimate of drug-likeness (QED) is 0.900. The fourth-order valence-electron chi connectivity index (χ4n) is 3.59. The molecule has 0 heterocycles.